The van der Waals surface area contributed by atoms with Gasteiger partial charge < -0.3 is 4.90 Å². The second-order valence-corrected chi connectivity index (χ2v) is 8.29. The van der Waals surface area contributed by atoms with Gasteiger partial charge in [-0.15, -0.1) is 0 Å². The van der Waals surface area contributed by atoms with Crippen LogP contribution in [0.15, 0.2) is 12.2 Å². The maximum absolute atomic E-state index is 2.81. The summed E-state index contributed by atoms with van der Waals surface area (Å²) >= 11 is 0. The molecule has 4 rings (SSSR count). The Morgan fingerprint density at radius 1 is 0.905 bits per heavy atom. The molecule has 3 fully saturated rings. The van der Waals surface area contributed by atoms with Crippen molar-refractivity contribution < 1.29 is 0 Å². The van der Waals surface area contributed by atoms with Crippen LogP contribution in [0.1, 0.15) is 45.4 Å². The summed E-state index contributed by atoms with van der Waals surface area (Å²) in [6.45, 7) is 9.11. The van der Waals surface area contributed by atoms with E-state index in [2.05, 4.69) is 28.9 Å². The normalized spacial score (nSPS) is 44.5. The largest absolute Gasteiger partial charge is 0.300 e. The van der Waals surface area contributed by atoms with E-state index in [0.29, 0.717) is 0 Å². The maximum atomic E-state index is 2.81. The van der Waals surface area contributed by atoms with E-state index in [9.17, 15) is 0 Å². The van der Waals surface area contributed by atoms with Gasteiger partial charge in [0.15, 0.2) is 0 Å². The van der Waals surface area contributed by atoms with E-state index in [-0.39, 0.29) is 0 Å². The minimum atomic E-state index is 0.911. The molecule has 0 radical (unpaired) electrons. The third kappa shape index (κ3) is 3.07. The number of hydrogen-bond donors (Lipinski definition) is 0. The molecular formula is C19H32N2. The third-order valence-electron chi connectivity index (χ3n) is 6.82. The predicted octanol–water partition coefficient (Wildman–Crippen LogP) is 3.39. The van der Waals surface area contributed by atoms with Crippen LogP contribution in [0.3, 0.4) is 0 Å². The van der Waals surface area contributed by atoms with E-state index in [1.807, 2.05) is 0 Å². The van der Waals surface area contributed by atoms with Crippen molar-refractivity contribution in [3.63, 3.8) is 0 Å². The van der Waals surface area contributed by atoms with Crippen LogP contribution >= 0.6 is 0 Å². The summed E-state index contributed by atoms with van der Waals surface area (Å²) in [7, 11) is 0. The first-order valence-corrected chi connectivity index (χ1v) is 9.42. The molecular weight excluding hydrogens is 256 g/mol. The average Bonchev–Trinajstić information content (AvgIpc) is 3.12. The van der Waals surface area contributed by atoms with Crippen LogP contribution in [-0.2, 0) is 0 Å². The van der Waals surface area contributed by atoms with Crippen LogP contribution in [0.2, 0.25) is 0 Å². The third-order valence-corrected chi connectivity index (χ3v) is 6.82. The van der Waals surface area contributed by atoms with Gasteiger partial charge in [-0.25, -0.2) is 0 Å². The van der Waals surface area contributed by atoms with Crippen molar-refractivity contribution >= 4 is 0 Å². The minimum absolute atomic E-state index is 0.911. The van der Waals surface area contributed by atoms with E-state index in [0.717, 1.165) is 29.7 Å². The highest BCUT2D eigenvalue weighted by Crippen LogP contribution is 2.43. The first-order valence-electron chi connectivity index (χ1n) is 9.42. The summed E-state index contributed by atoms with van der Waals surface area (Å²) in [4.78, 5) is 5.57. The first kappa shape index (κ1) is 14.3. The Morgan fingerprint density at radius 2 is 1.67 bits per heavy atom. The Labute approximate surface area is 130 Å². The smallest absolute Gasteiger partial charge is 0.0113 e. The number of hydrogen-bond acceptors (Lipinski definition) is 2. The van der Waals surface area contributed by atoms with Crippen molar-refractivity contribution in [2.24, 2.45) is 23.7 Å². The van der Waals surface area contributed by atoms with Gasteiger partial charge in [0.1, 0.15) is 0 Å². The lowest BCUT2D eigenvalue weighted by Crippen LogP contribution is -2.52. The Hall–Kier alpha value is -0.340. The van der Waals surface area contributed by atoms with Crippen LogP contribution in [0.25, 0.3) is 0 Å². The summed E-state index contributed by atoms with van der Waals surface area (Å²) in [6, 6.07) is 0.911. The molecule has 0 aromatic carbocycles. The zero-order valence-electron chi connectivity index (χ0n) is 13.7. The fourth-order valence-electron chi connectivity index (χ4n) is 5.35. The number of fused-ring (bicyclic) bond motifs is 2. The lowest BCUT2D eigenvalue weighted by molar-refractivity contribution is 0.0628. The van der Waals surface area contributed by atoms with Crippen LogP contribution in [0.4, 0.5) is 0 Å². The van der Waals surface area contributed by atoms with Crippen LogP contribution < -0.4 is 0 Å². The molecule has 1 heterocycles. The highest BCUT2D eigenvalue weighted by molar-refractivity contribution is 5.10. The molecule has 0 aromatic rings. The van der Waals surface area contributed by atoms with E-state index in [4.69, 9.17) is 0 Å². The summed E-state index contributed by atoms with van der Waals surface area (Å²) in [6.07, 6.45) is 13.8. The van der Waals surface area contributed by atoms with Gasteiger partial charge >= 0.3 is 0 Å². The highest BCUT2D eigenvalue weighted by atomic mass is 15.3. The molecule has 3 atom stereocenters. The van der Waals surface area contributed by atoms with E-state index in [1.165, 1.54) is 71.2 Å². The molecule has 0 aromatic heterocycles. The lowest BCUT2D eigenvalue weighted by atomic mass is 9.86. The molecule has 0 amide bonds. The number of allylic oxidation sites excluding steroid dienone is 2. The molecule has 21 heavy (non-hydrogen) atoms. The monoisotopic (exact) mass is 288 g/mol. The Kier molecular flexibility index (Phi) is 4.10. The van der Waals surface area contributed by atoms with E-state index in [1.54, 1.807) is 0 Å². The lowest BCUT2D eigenvalue weighted by Gasteiger charge is -2.42. The Balaban J connectivity index is 1.23. The average molecular weight is 288 g/mol. The predicted molar refractivity (Wildman–Crippen MR) is 88.3 cm³/mol. The summed E-state index contributed by atoms with van der Waals surface area (Å²) in [5, 5.41) is 0. The van der Waals surface area contributed by atoms with Gasteiger partial charge in [0.05, 0.1) is 0 Å². The molecule has 0 N–H and O–H groups in total. The quantitative estimate of drug-likeness (QED) is 0.735. The summed E-state index contributed by atoms with van der Waals surface area (Å²) in [5.41, 5.74) is 0. The zero-order chi connectivity index (χ0) is 14.2. The van der Waals surface area contributed by atoms with Gasteiger partial charge in [0.2, 0.25) is 0 Å². The SMILES string of the molecule is CC1CCC(N2CCN(C[C@@H]3C[C@H]4C=C[C@@H]3C4)CC2)CC1. The van der Waals surface area contributed by atoms with Gasteiger partial charge in [-0.3, -0.25) is 4.90 Å². The summed E-state index contributed by atoms with van der Waals surface area (Å²) in [5.74, 6) is 3.81. The van der Waals surface area contributed by atoms with Gasteiger partial charge in [0, 0.05) is 38.8 Å². The second kappa shape index (κ2) is 6.04. The topological polar surface area (TPSA) is 6.48 Å². The van der Waals surface area contributed by atoms with Crippen LogP contribution in [0.5, 0.6) is 0 Å². The van der Waals surface area contributed by atoms with Crippen LogP contribution in [0, 0.1) is 23.7 Å². The van der Waals surface area contributed by atoms with Gasteiger partial charge in [-0.05, 0) is 62.2 Å². The molecule has 3 aliphatic carbocycles. The minimum Gasteiger partial charge on any atom is -0.300 e. The van der Waals surface area contributed by atoms with Gasteiger partial charge in [-0.1, -0.05) is 19.1 Å². The zero-order valence-corrected chi connectivity index (χ0v) is 13.7. The van der Waals surface area contributed by atoms with Gasteiger partial charge in [-0.2, -0.15) is 0 Å². The number of piperazine rings is 1. The molecule has 2 heteroatoms. The maximum Gasteiger partial charge on any atom is 0.0113 e. The van der Waals surface area contributed by atoms with Crippen molar-refractivity contribution in [2.75, 3.05) is 32.7 Å². The van der Waals surface area contributed by atoms with Crippen molar-refractivity contribution in [3.05, 3.63) is 12.2 Å². The molecule has 0 unspecified atom stereocenters. The van der Waals surface area contributed by atoms with Crippen molar-refractivity contribution in [1.29, 1.82) is 0 Å². The Bertz CT molecular complexity index is 375. The molecule has 2 saturated carbocycles. The standard InChI is InChI=1S/C19H32N2/c1-15-2-6-19(7-3-15)21-10-8-20(9-11-21)14-18-13-16-4-5-17(18)12-16/h4-5,15-19H,2-3,6-14H2,1H3/t15?,16-,17+,18-,19?/m0/s1. The van der Waals surface area contributed by atoms with E-state index >= 15 is 0 Å². The van der Waals surface area contributed by atoms with E-state index < -0.39 is 0 Å². The molecule has 1 saturated heterocycles. The molecule has 2 bridgehead atoms. The number of rotatable bonds is 3. The fraction of sp³-hybridized carbons (Fsp3) is 0.895. The summed E-state index contributed by atoms with van der Waals surface area (Å²) < 4.78 is 0. The molecule has 0 spiro atoms. The highest BCUT2D eigenvalue weighted by Gasteiger charge is 2.37. The fourth-order valence-corrected chi connectivity index (χ4v) is 5.35. The van der Waals surface area contributed by atoms with Crippen molar-refractivity contribution in [1.82, 2.24) is 9.80 Å². The number of nitrogens with zero attached hydrogens (tertiary/aromatic N) is 2. The molecule has 1 aliphatic heterocycles. The van der Waals surface area contributed by atoms with Crippen molar-refractivity contribution in [3.8, 4) is 0 Å². The Morgan fingerprint density at radius 3 is 2.29 bits per heavy atom. The second-order valence-electron chi connectivity index (χ2n) is 8.29. The van der Waals surface area contributed by atoms with Crippen LogP contribution in [-0.4, -0.2) is 48.6 Å². The van der Waals surface area contributed by atoms with Gasteiger partial charge in [0.25, 0.3) is 0 Å². The van der Waals surface area contributed by atoms with Crippen molar-refractivity contribution in [2.45, 2.75) is 51.5 Å². The molecule has 4 aliphatic rings. The molecule has 2 nitrogen and oxygen atoms in total. The molecule has 118 valence electrons. The first-order chi connectivity index (χ1) is 10.3.